The van der Waals surface area contributed by atoms with Crippen molar-refractivity contribution >= 4 is 11.8 Å². The van der Waals surface area contributed by atoms with Crippen LogP contribution in [0.15, 0.2) is 60.7 Å². The van der Waals surface area contributed by atoms with Gasteiger partial charge in [-0.2, -0.15) is 0 Å². The molecule has 0 spiro atoms. The lowest BCUT2D eigenvalue weighted by atomic mass is 9.80. The molecule has 27 heavy (non-hydrogen) atoms. The van der Waals surface area contributed by atoms with E-state index in [1.165, 1.54) is 6.42 Å². The minimum absolute atomic E-state index is 0.0125. The number of carbonyl (C=O) groups excluding carboxylic acids is 2. The molecule has 0 amide bonds. The number of Topliss-reactive ketones (excluding diaryl/α,β-unsaturated/α-hetero) is 1. The molecule has 0 heterocycles. The van der Waals surface area contributed by atoms with Crippen molar-refractivity contribution in [1.82, 2.24) is 0 Å². The van der Waals surface area contributed by atoms with Crippen LogP contribution in [0.4, 0.5) is 0 Å². The summed E-state index contributed by atoms with van der Waals surface area (Å²) in [7, 11) is 0. The summed E-state index contributed by atoms with van der Waals surface area (Å²) in [6.07, 6.45) is 5.63. The maximum atomic E-state index is 13.0. The molecule has 0 aromatic heterocycles. The Labute approximate surface area is 160 Å². The summed E-state index contributed by atoms with van der Waals surface area (Å²) >= 11 is 0. The van der Waals surface area contributed by atoms with Crippen LogP contribution in [0.3, 0.4) is 0 Å². The highest BCUT2D eigenvalue weighted by atomic mass is 16.5. The standard InChI is InChI=1S/C24H26O3/c25-21-16-20(17-10-4-1-5-11-17)22(18-12-6-2-7-13-18)23(21)24(26)27-19-14-8-3-9-15-19/h1-2,4-7,10-13,19-20,22-23H,3,8-9,14-16H2/t20-,22+,23-/m0/s1. The van der Waals surface area contributed by atoms with E-state index in [1.54, 1.807) is 0 Å². The molecule has 0 bridgehead atoms. The van der Waals surface area contributed by atoms with Gasteiger partial charge in [0.2, 0.25) is 0 Å². The Kier molecular flexibility index (Phi) is 5.38. The molecule has 0 saturated heterocycles. The van der Waals surface area contributed by atoms with Crippen LogP contribution in [0.5, 0.6) is 0 Å². The molecule has 2 aliphatic rings. The van der Waals surface area contributed by atoms with Gasteiger partial charge in [0.1, 0.15) is 17.8 Å². The first-order valence-electron chi connectivity index (χ1n) is 10.1. The van der Waals surface area contributed by atoms with Crippen molar-refractivity contribution in [3.63, 3.8) is 0 Å². The van der Waals surface area contributed by atoms with E-state index in [4.69, 9.17) is 4.74 Å². The van der Waals surface area contributed by atoms with E-state index in [2.05, 4.69) is 12.1 Å². The van der Waals surface area contributed by atoms with E-state index >= 15 is 0 Å². The molecule has 3 nitrogen and oxygen atoms in total. The Morgan fingerprint density at radius 2 is 1.41 bits per heavy atom. The zero-order valence-corrected chi connectivity index (χ0v) is 15.6. The number of ketones is 1. The molecule has 3 atom stereocenters. The third-order valence-electron chi connectivity index (χ3n) is 6.06. The van der Waals surface area contributed by atoms with Crippen LogP contribution in [-0.2, 0) is 14.3 Å². The van der Waals surface area contributed by atoms with Crippen molar-refractivity contribution in [1.29, 1.82) is 0 Å². The highest BCUT2D eigenvalue weighted by Crippen LogP contribution is 2.48. The summed E-state index contributed by atoms with van der Waals surface area (Å²) in [5.41, 5.74) is 2.16. The predicted molar refractivity (Wildman–Crippen MR) is 104 cm³/mol. The first kappa shape index (κ1) is 18.0. The van der Waals surface area contributed by atoms with Crippen LogP contribution in [-0.4, -0.2) is 17.9 Å². The maximum absolute atomic E-state index is 13.0. The molecule has 0 N–H and O–H groups in total. The van der Waals surface area contributed by atoms with Crippen molar-refractivity contribution in [2.24, 2.45) is 5.92 Å². The Bertz CT molecular complexity index is 778. The first-order valence-corrected chi connectivity index (χ1v) is 10.1. The van der Waals surface area contributed by atoms with Crippen LogP contribution in [0, 0.1) is 5.92 Å². The Hall–Kier alpha value is -2.42. The van der Waals surface area contributed by atoms with E-state index in [1.807, 2.05) is 48.5 Å². The number of rotatable bonds is 4. The van der Waals surface area contributed by atoms with Crippen molar-refractivity contribution in [3.8, 4) is 0 Å². The second kappa shape index (κ2) is 8.08. The number of benzene rings is 2. The van der Waals surface area contributed by atoms with Gasteiger partial charge in [-0.15, -0.1) is 0 Å². The third-order valence-corrected chi connectivity index (χ3v) is 6.06. The molecule has 2 fully saturated rings. The summed E-state index contributed by atoms with van der Waals surface area (Å²) in [4.78, 5) is 26.0. The van der Waals surface area contributed by atoms with Gasteiger partial charge in [-0.3, -0.25) is 9.59 Å². The van der Waals surface area contributed by atoms with Gasteiger partial charge in [0.15, 0.2) is 0 Å². The summed E-state index contributed by atoms with van der Waals surface area (Å²) in [6.45, 7) is 0. The fourth-order valence-corrected chi connectivity index (χ4v) is 4.73. The molecule has 140 valence electrons. The Balaban J connectivity index is 1.64. The molecule has 2 saturated carbocycles. The third kappa shape index (κ3) is 3.83. The van der Waals surface area contributed by atoms with Gasteiger partial charge in [-0.25, -0.2) is 0 Å². The van der Waals surface area contributed by atoms with E-state index in [-0.39, 0.29) is 29.7 Å². The van der Waals surface area contributed by atoms with E-state index in [0.29, 0.717) is 6.42 Å². The average Bonchev–Trinajstić information content (AvgIpc) is 3.07. The van der Waals surface area contributed by atoms with Gasteiger partial charge >= 0.3 is 5.97 Å². The Morgan fingerprint density at radius 1 is 0.815 bits per heavy atom. The number of hydrogen-bond acceptors (Lipinski definition) is 3. The van der Waals surface area contributed by atoms with E-state index < -0.39 is 5.92 Å². The fourth-order valence-electron chi connectivity index (χ4n) is 4.73. The van der Waals surface area contributed by atoms with Gasteiger partial charge in [0, 0.05) is 12.3 Å². The van der Waals surface area contributed by atoms with Gasteiger partial charge in [0.05, 0.1) is 0 Å². The van der Waals surface area contributed by atoms with Gasteiger partial charge in [-0.1, -0.05) is 67.1 Å². The second-order valence-electron chi connectivity index (χ2n) is 7.80. The molecule has 0 radical (unpaired) electrons. The average molecular weight is 362 g/mol. The lowest BCUT2D eigenvalue weighted by Gasteiger charge is -2.27. The maximum Gasteiger partial charge on any atom is 0.317 e. The predicted octanol–water partition coefficient (Wildman–Crippen LogP) is 5.02. The van der Waals surface area contributed by atoms with Gasteiger partial charge in [-0.05, 0) is 42.7 Å². The minimum Gasteiger partial charge on any atom is -0.462 e. The SMILES string of the molecule is O=C1C[C@@H](c2ccccc2)[C@@H](c2ccccc2)[C@H]1C(=O)OC1CCCCC1. The number of ether oxygens (including phenoxy) is 1. The highest BCUT2D eigenvalue weighted by molar-refractivity contribution is 6.02. The largest absolute Gasteiger partial charge is 0.462 e. The van der Waals surface area contributed by atoms with Crippen molar-refractivity contribution in [2.75, 3.05) is 0 Å². The van der Waals surface area contributed by atoms with Crippen molar-refractivity contribution < 1.29 is 14.3 Å². The molecule has 0 unspecified atom stereocenters. The molecule has 2 aromatic rings. The normalized spacial score (nSPS) is 26.1. The minimum atomic E-state index is -0.695. The number of carbonyl (C=O) groups is 2. The molecular formula is C24H26O3. The topological polar surface area (TPSA) is 43.4 Å². The molecular weight excluding hydrogens is 336 g/mol. The van der Waals surface area contributed by atoms with Crippen molar-refractivity contribution in [2.45, 2.75) is 56.5 Å². The zero-order chi connectivity index (χ0) is 18.6. The number of hydrogen-bond donors (Lipinski definition) is 0. The lowest BCUT2D eigenvalue weighted by Crippen LogP contribution is -2.31. The first-order chi connectivity index (χ1) is 13.2. The molecule has 4 rings (SSSR count). The second-order valence-corrected chi connectivity index (χ2v) is 7.80. The summed E-state index contributed by atoms with van der Waals surface area (Å²) in [5, 5.41) is 0. The van der Waals surface area contributed by atoms with Crippen LogP contribution < -0.4 is 0 Å². The van der Waals surface area contributed by atoms with Crippen LogP contribution in [0.1, 0.15) is 61.5 Å². The molecule has 2 aliphatic carbocycles. The monoisotopic (exact) mass is 362 g/mol. The van der Waals surface area contributed by atoms with Crippen LogP contribution in [0.25, 0.3) is 0 Å². The van der Waals surface area contributed by atoms with Gasteiger partial charge < -0.3 is 4.74 Å². The van der Waals surface area contributed by atoms with E-state index in [9.17, 15) is 9.59 Å². The molecule has 2 aromatic carbocycles. The quantitative estimate of drug-likeness (QED) is 0.567. The van der Waals surface area contributed by atoms with Crippen LogP contribution in [0.2, 0.25) is 0 Å². The number of esters is 1. The fraction of sp³-hybridized carbons (Fsp3) is 0.417. The lowest BCUT2D eigenvalue weighted by molar-refractivity contribution is -0.157. The van der Waals surface area contributed by atoms with Gasteiger partial charge in [0.25, 0.3) is 0 Å². The molecule has 0 aliphatic heterocycles. The summed E-state index contributed by atoms with van der Waals surface area (Å²) in [6, 6.07) is 20.1. The summed E-state index contributed by atoms with van der Waals surface area (Å²) in [5.74, 6) is -1.14. The van der Waals surface area contributed by atoms with Crippen molar-refractivity contribution in [3.05, 3.63) is 71.8 Å². The smallest absolute Gasteiger partial charge is 0.317 e. The molecule has 3 heteroatoms. The van der Waals surface area contributed by atoms with E-state index in [0.717, 1.165) is 36.8 Å². The highest BCUT2D eigenvalue weighted by Gasteiger charge is 2.48. The summed E-state index contributed by atoms with van der Waals surface area (Å²) < 4.78 is 5.82. The zero-order valence-electron chi connectivity index (χ0n) is 15.6. The Morgan fingerprint density at radius 3 is 2.04 bits per heavy atom. The van der Waals surface area contributed by atoms with Crippen LogP contribution >= 0.6 is 0 Å².